The number of rotatable bonds is 11. The molecule has 29 heavy (non-hydrogen) atoms. The zero-order valence-electron chi connectivity index (χ0n) is 17.6. The summed E-state index contributed by atoms with van der Waals surface area (Å²) in [7, 11) is 0. The van der Waals surface area contributed by atoms with E-state index in [4.69, 9.17) is 0 Å². The Morgan fingerprint density at radius 3 is 1.97 bits per heavy atom. The Kier molecular flexibility index (Phi) is 9.17. The van der Waals surface area contributed by atoms with Crippen LogP contribution in [-0.2, 0) is 17.9 Å². The summed E-state index contributed by atoms with van der Waals surface area (Å²) in [5, 5.41) is 13.5. The van der Waals surface area contributed by atoms with Crippen LogP contribution in [0, 0.1) is 5.41 Å². The number of hydrogen-bond acceptors (Lipinski definition) is 4. The molecule has 7 heteroatoms. The quantitative estimate of drug-likeness (QED) is 0.444. The first-order chi connectivity index (χ1) is 13.7. The standard InChI is InChI=1S/C22H32N2O3S2/c1-22(2,3)11-4-5-12-23(21(26)27)13-10-20(25)24(16-18-8-6-14-28-18)17-19-9-7-15-29-19/h6-9,14-15H,4-5,10-13,16-17H2,1-3H3,(H,26,27). The first-order valence-corrected chi connectivity index (χ1v) is 11.8. The Morgan fingerprint density at radius 1 is 0.931 bits per heavy atom. The molecule has 0 aliphatic heterocycles. The Bertz CT molecular complexity index is 700. The minimum Gasteiger partial charge on any atom is -0.465 e. The van der Waals surface area contributed by atoms with Crippen LogP contribution in [0.3, 0.4) is 0 Å². The largest absolute Gasteiger partial charge is 0.465 e. The van der Waals surface area contributed by atoms with Gasteiger partial charge < -0.3 is 14.9 Å². The number of carbonyl (C=O) groups excluding carboxylic acids is 1. The third kappa shape index (κ3) is 9.00. The molecule has 0 bridgehead atoms. The van der Waals surface area contributed by atoms with Gasteiger partial charge in [-0.25, -0.2) is 4.79 Å². The average Bonchev–Trinajstić information content (AvgIpc) is 3.33. The number of hydrogen-bond donors (Lipinski definition) is 1. The average molecular weight is 437 g/mol. The molecule has 0 spiro atoms. The number of nitrogens with zero attached hydrogens (tertiary/aromatic N) is 2. The van der Waals surface area contributed by atoms with Crippen LogP contribution in [0.2, 0.25) is 0 Å². The maximum Gasteiger partial charge on any atom is 0.407 e. The minimum absolute atomic E-state index is 0.00672. The van der Waals surface area contributed by atoms with Crippen LogP contribution in [0.5, 0.6) is 0 Å². The van der Waals surface area contributed by atoms with Crippen LogP contribution >= 0.6 is 22.7 Å². The van der Waals surface area contributed by atoms with E-state index in [1.165, 1.54) is 4.90 Å². The molecule has 0 saturated carbocycles. The van der Waals surface area contributed by atoms with Crippen molar-refractivity contribution in [3.8, 4) is 0 Å². The van der Waals surface area contributed by atoms with Crippen LogP contribution in [0.15, 0.2) is 35.0 Å². The fraction of sp³-hybridized carbons (Fsp3) is 0.545. The van der Waals surface area contributed by atoms with Gasteiger partial charge in [0, 0.05) is 29.3 Å². The minimum atomic E-state index is -0.948. The van der Waals surface area contributed by atoms with Gasteiger partial charge in [-0.2, -0.15) is 0 Å². The van der Waals surface area contributed by atoms with Gasteiger partial charge in [-0.1, -0.05) is 39.3 Å². The maximum absolute atomic E-state index is 12.9. The smallest absolute Gasteiger partial charge is 0.407 e. The fourth-order valence-electron chi connectivity index (χ4n) is 3.06. The summed E-state index contributed by atoms with van der Waals surface area (Å²) in [6.45, 7) is 8.42. The van der Waals surface area contributed by atoms with Crippen molar-refractivity contribution in [3.05, 3.63) is 44.8 Å². The maximum atomic E-state index is 12.9. The lowest BCUT2D eigenvalue weighted by Crippen LogP contribution is -2.36. The van der Waals surface area contributed by atoms with E-state index in [-0.39, 0.29) is 24.3 Å². The molecule has 5 nitrogen and oxygen atoms in total. The van der Waals surface area contributed by atoms with Crippen molar-refractivity contribution >= 4 is 34.7 Å². The van der Waals surface area contributed by atoms with Crippen molar-refractivity contribution in [2.45, 2.75) is 59.5 Å². The summed E-state index contributed by atoms with van der Waals surface area (Å²) >= 11 is 3.26. The summed E-state index contributed by atoms with van der Waals surface area (Å²) in [6.07, 6.45) is 2.14. The van der Waals surface area contributed by atoms with Crippen LogP contribution in [0.1, 0.15) is 56.2 Å². The highest BCUT2D eigenvalue weighted by Crippen LogP contribution is 2.22. The number of unbranched alkanes of at least 4 members (excludes halogenated alkanes) is 1. The first kappa shape index (κ1) is 23.4. The van der Waals surface area contributed by atoms with E-state index in [1.54, 1.807) is 22.7 Å². The fourth-order valence-corrected chi connectivity index (χ4v) is 4.50. The van der Waals surface area contributed by atoms with Gasteiger partial charge in [0.1, 0.15) is 0 Å². The molecule has 2 rings (SSSR count). The molecule has 2 heterocycles. The van der Waals surface area contributed by atoms with Gasteiger partial charge in [0.2, 0.25) is 5.91 Å². The summed E-state index contributed by atoms with van der Waals surface area (Å²) in [5.74, 6) is -0.00672. The number of thiophene rings is 2. The molecular formula is C22H32N2O3S2. The van der Waals surface area contributed by atoms with Gasteiger partial charge in [-0.15, -0.1) is 22.7 Å². The molecule has 0 atom stereocenters. The Labute approximate surface area is 182 Å². The van der Waals surface area contributed by atoms with Gasteiger partial charge in [0.25, 0.3) is 0 Å². The van der Waals surface area contributed by atoms with Gasteiger partial charge in [-0.05, 0) is 41.1 Å². The molecule has 2 amide bonds. The molecule has 0 aliphatic rings. The van der Waals surface area contributed by atoms with Crippen LogP contribution in [-0.4, -0.2) is 40.0 Å². The number of carbonyl (C=O) groups is 2. The molecule has 2 aromatic rings. The molecular weight excluding hydrogens is 404 g/mol. The van der Waals surface area contributed by atoms with Crippen molar-refractivity contribution in [1.29, 1.82) is 0 Å². The van der Waals surface area contributed by atoms with Crippen LogP contribution in [0.25, 0.3) is 0 Å². The summed E-state index contributed by atoms with van der Waals surface area (Å²) in [5.41, 5.74) is 0.258. The first-order valence-electron chi connectivity index (χ1n) is 10.0. The second-order valence-corrected chi connectivity index (χ2v) is 10.5. The predicted octanol–water partition coefficient (Wildman–Crippen LogP) is 5.92. The molecule has 1 N–H and O–H groups in total. The van der Waals surface area contributed by atoms with Crippen molar-refractivity contribution in [1.82, 2.24) is 9.80 Å². The van der Waals surface area contributed by atoms with Crippen molar-refractivity contribution in [2.75, 3.05) is 13.1 Å². The topological polar surface area (TPSA) is 60.9 Å². The van der Waals surface area contributed by atoms with Crippen LogP contribution in [0.4, 0.5) is 4.79 Å². The number of amides is 2. The molecule has 0 saturated heterocycles. The van der Waals surface area contributed by atoms with Gasteiger partial charge in [0.05, 0.1) is 13.1 Å². The summed E-state index contributed by atoms with van der Waals surface area (Å²) in [6, 6.07) is 8.02. The Hall–Kier alpha value is -1.86. The van der Waals surface area contributed by atoms with Gasteiger partial charge in [0.15, 0.2) is 0 Å². The number of carboxylic acid groups (broad SMARTS) is 1. The van der Waals surface area contributed by atoms with Crippen molar-refractivity contribution in [3.63, 3.8) is 0 Å². The van der Waals surface area contributed by atoms with E-state index in [0.29, 0.717) is 19.6 Å². The highest BCUT2D eigenvalue weighted by molar-refractivity contribution is 7.10. The normalized spacial score (nSPS) is 11.4. The molecule has 0 aliphatic carbocycles. The highest BCUT2D eigenvalue weighted by atomic mass is 32.1. The summed E-state index contributed by atoms with van der Waals surface area (Å²) < 4.78 is 0. The Balaban J connectivity index is 1.89. The van der Waals surface area contributed by atoms with E-state index >= 15 is 0 Å². The highest BCUT2D eigenvalue weighted by Gasteiger charge is 2.19. The third-order valence-corrected chi connectivity index (χ3v) is 6.40. The predicted molar refractivity (Wildman–Crippen MR) is 120 cm³/mol. The zero-order valence-corrected chi connectivity index (χ0v) is 19.2. The van der Waals surface area contributed by atoms with Crippen molar-refractivity contribution in [2.24, 2.45) is 5.41 Å². The Morgan fingerprint density at radius 2 is 1.52 bits per heavy atom. The lowest BCUT2D eigenvalue weighted by atomic mass is 9.90. The van der Waals surface area contributed by atoms with Gasteiger partial charge in [-0.3, -0.25) is 4.79 Å². The van der Waals surface area contributed by atoms with Gasteiger partial charge >= 0.3 is 6.09 Å². The lowest BCUT2D eigenvalue weighted by Gasteiger charge is -2.24. The molecule has 0 unspecified atom stereocenters. The molecule has 160 valence electrons. The molecule has 2 aromatic heterocycles. The second-order valence-electron chi connectivity index (χ2n) is 8.45. The van der Waals surface area contributed by atoms with E-state index in [1.807, 2.05) is 39.9 Å². The van der Waals surface area contributed by atoms with Crippen LogP contribution < -0.4 is 0 Å². The van der Waals surface area contributed by atoms with Crippen molar-refractivity contribution < 1.29 is 14.7 Å². The van der Waals surface area contributed by atoms with E-state index in [9.17, 15) is 14.7 Å². The SMILES string of the molecule is CC(C)(C)CCCCN(CCC(=O)N(Cc1cccs1)Cc1cccs1)C(=O)O. The van der Waals surface area contributed by atoms with E-state index in [0.717, 1.165) is 29.0 Å². The molecule has 0 aromatic carbocycles. The lowest BCUT2D eigenvalue weighted by molar-refractivity contribution is -0.132. The molecule has 0 fully saturated rings. The van der Waals surface area contributed by atoms with E-state index in [2.05, 4.69) is 20.8 Å². The summed E-state index contributed by atoms with van der Waals surface area (Å²) in [4.78, 5) is 30.0. The zero-order chi connectivity index (χ0) is 21.3. The van der Waals surface area contributed by atoms with E-state index < -0.39 is 6.09 Å². The monoisotopic (exact) mass is 436 g/mol. The third-order valence-electron chi connectivity index (χ3n) is 4.68. The second kappa shape index (κ2) is 11.4. The molecule has 0 radical (unpaired) electrons.